The third kappa shape index (κ3) is 3.29. The summed E-state index contributed by atoms with van der Waals surface area (Å²) in [6.07, 6.45) is 4.54. The summed E-state index contributed by atoms with van der Waals surface area (Å²) in [6, 6.07) is 4.59. The standard InChI is InChI=1S/C14H18BrF2N/c15-8-3-9-18(11-4-1-5-11)10-12-13(16)6-2-7-14(12)17/h2,6-7,11H,1,3-5,8-10H2. The third-order valence-corrected chi connectivity index (χ3v) is 4.15. The molecule has 0 radical (unpaired) electrons. The van der Waals surface area contributed by atoms with E-state index in [0.29, 0.717) is 12.6 Å². The number of nitrogens with zero attached hydrogens (tertiary/aromatic N) is 1. The maximum Gasteiger partial charge on any atom is 0.130 e. The van der Waals surface area contributed by atoms with Crippen LogP contribution >= 0.6 is 15.9 Å². The van der Waals surface area contributed by atoms with E-state index in [1.54, 1.807) is 0 Å². The molecule has 0 amide bonds. The normalized spacial score (nSPS) is 16.0. The molecule has 2 rings (SSSR count). The Morgan fingerprint density at radius 3 is 2.39 bits per heavy atom. The molecule has 0 spiro atoms. The molecule has 4 heteroatoms. The van der Waals surface area contributed by atoms with Gasteiger partial charge in [-0.25, -0.2) is 8.78 Å². The molecule has 0 aliphatic heterocycles. The summed E-state index contributed by atoms with van der Waals surface area (Å²) < 4.78 is 27.3. The molecule has 1 aromatic rings. The van der Waals surface area contributed by atoms with Gasteiger partial charge in [0.15, 0.2) is 0 Å². The minimum absolute atomic E-state index is 0.207. The molecule has 1 aromatic carbocycles. The van der Waals surface area contributed by atoms with Crippen molar-refractivity contribution in [3.05, 3.63) is 35.4 Å². The predicted octanol–water partition coefficient (Wildman–Crippen LogP) is 4.10. The van der Waals surface area contributed by atoms with Crippen molar-refractivity contribution in [3.63, 3.8) is 0 Å². The van der Waals surface area contributed by atoms with Crippen molar-refractivity contribution < 1.29 is 8.78 Å². The molecule has 0 N–H and O–H groups in total. The molecule has 0 aromatic heterocycles. The predicted molar refractivity (Wildman–Crippen MR) is 72.8 cm³/mol. The summed E-state index contributed by atoms with van der Waals surface area (Å²) in [5.74, 6) is -0.865. The first-order chi connectivity index (χ1) is 8.72. The van der Waals surface area contributed by atoms with Crippen LogP contribution < -0.4 is 0 Å². The van der Waals surface area contributed by atoms with Crippen molar-refractivity contribution in [2.75, 3.05) is 11.9 Å². The van der Waals surface area contributed by atoms with E-state index in [0.717, 1.165) is 31.1 Å². The number of benzene rings is 1. The zero-order chi connectivity index (χ0) is 13.0. The second-order valence-corrected chi connectivity index (χ2v) is 5.59. The molecular weight excluding hydrogens is 300 g/mol. The molecule has 0 saturated heterocycles. The Balaban J connectivity index is 2.07. The van der Waals surface area contributed by atoms with Crippen LogP contribution in [0.2, 0.25) is 0 Å². The van der Waals surface area contributed by atoms with E-state index >= 15 is 0 Å². The van der Waals surface area contributed by atoms with Gasteiger partial charge in [0.05, 0.1) is 0 Å². The van der Waals surface area contributed by atoms with Gasteiger partial charge in [0.25, 0.3) is 0 Å². The Hall–Kier alpha value is -0.480. The fourth-order valence-corrected chi connectivity index (χ4v) is 2.54. The zero-order valence-electron chi connectivity index (χ0n) is 10.3. The summed E-state index contributed by atoms with van der Waals surface area (Å²) in [5, 5.41) is 0.927. The molecule has 18 heavy (non-hydrogen) atoms. The van der Waals surface area contributed by atoms with Gasteiger partial charge in [-0.3, -0.25) is 4.90 Å². The van der Waals surface area contributed by atoms with Crippen LogP contribution in [0.4, 0.5) is 8.78 Å². The largest absolute Gasteiger partial charge is 0.296 e. The lowest BCUT2D eigenvalue weighted by Gasteiger charge is -2.37. The monoisotopic (exact) mass is 317 g/mol. The minimum Gasteiger partial charge on any atom is -0.296 e. The van der Waals surface area contributed by atoms with Crippen LogP contribution in [0.15, 0.2) is 18.2 Å². The molecule has 1 aliphatic carbocycles. The molecule has 0 unspecified atom stereocenters. The number of hydrogen-bond donors (Lipinski definition) is 0. The Kier molecular flexibility index (Phi) is 5.13. The minimum atomic E-state index is -0.432. The van der Waals surface area contributed by atoms with E-state index in [-0.39, 0.29) is 5.56 Å². The molecule has 1 saturated carbocycles. The van der Waals surface area contributed by atoms with Crippen molar-refractivity contribution >= 4 is 15.9 Å². The Morgan fingerprint density at radius 2 is 1.89 bits per heavy atom. The number of halogens is 3. The third-order valence-electron chi connectivity index (χ3n) is 3.59. The van der Waals surface area contributed by atoms with Crippen molar-refractivity contribution in [2.45, 2.75) is 38.3 Å². The van der Waals surface area contributed by atoms with Gasteiger partial charge in [-0.2, -0.15) is 0 Å². The Bertz CT molecular complexity index is 373. The lowest BCUT2D eigenvalue weighted by molar-refractivity contribution is 0.117. The van der Waals surface area contributed by atoms with Crippen LogP contribution in [0.5, 0.6) is 0 Å². The van der Waals surface area contributed by atoms with Crippen molar-refractivity contribution in [3.8, 4) is 0 Å². The summed E-state index contributed by atoms with van der Waals surface area (Å²) >= 11 is 3.41. The highest BCUT2D eigenvalue weighted by atomic mass is 79.9. The van der Waals surface area contributed by atoms with E-state index in [4.69, 9.17) is 0 Å². The van der Waals surface area contributed by atoms with E-state index in [2.05, 4.69) is 20.8 Å². The van der Waals surface area contributed by atoms with Crippen LogP contribution in [0.25, 0.3) is 0 Å². The van der Waals surface area contributed by atoms with Gasteiger partial charge in [-0.1, -0.05) is 28.4 Å². The molecule has 1 fully saturated rings. The second kappa shape index (κ2) is 6.62. The van der Waals surface area contributed by atoms with Gasteiger partial charge < -0.3 is 0 Å². The van der Waals surface area contributed by atoms with Crippen LogP contribution in [0.3, 0.4) is 0 Å². The first-order valence-corrected chi connectivity index (χ1v) is 7.57. The topological polar surface area (TPSA) is 3.24 Å². The summed E-state index contributed by atoms with van der Waals surface area (Å²) in [4.78, 5) is 2.21. The second-order valence-electron chi connectivity index (χ2n) is 4.80. The number of hydrogen-bond acceptors (Lipinski definition) is 1. The van der Waals surface area contributed by atoms with E-state index in [9.17, 15) is 8.78 Å². The fourth-order valence-electron chi connectivity index (χ4n) is 2.29. The molecule has 0 atom stereocenters. The fraction of sp³-hybridized carbons (Fsp3) is 0.571. The number of rotatable bonds is 6. The maximum absolute atomic E-state index is 13.6. The average molecular weight is 318 g/mol. The summed E-state index contributed by atoms with van der Waals surface area (Å²) in [7, 11) is 0. The van der Waals surface area contributed by atoms with E-state index < -0.39 is 11.6 Å². The van der Waals surface area contributed by atoms with Crippen LogP contribution in [0.1, 0.15) is 31.2 Å². The Morgan fingerprint density at radius 1 is 1.22 bits per heavy atom. The highest BCUT2D eigenvalue weighted by molar-refractivity contribution is 9.09. The average Bonchev–Trinajstić information content (AvgIpc) is 2.28. The quantitative estimate of drug-likeness (QED) is 0.714. The van der Waals surface area contributed by atoms with Crippen LogP contribution in [0, 0.1) is 11.6 Å². The molecule has 0 heterocycles. The van der Waals surface area contributed by atoms with Gasteiger partial charge >= 0.3 is 0 Å². The van der Waals surface area contributed by atoms with Crippen molar-refractivity contribution in [2.24, 2.45) is 0 Å². The van der Waals surface area contributed by atoms with Crippen molar-refractivity contribution in [1.82, 2.24) is 4.90 Å². The lowest BCUT2D eigenvalue weighted by atomic mass is 9.91. The first kappa shape index (κ1) is 13.9. The van der Waals surface area contributed by atoms with Gasteiger partial charge in [-0.05, 0) is 37.9 Å². The van der Waals surface area contributed by atoms with Crippen LogP contribution in [-0.4, -0.2) is 22.8 Å². The smallest absolute Gasteiger partial charge is 0.130 e. The van der Waals surface area contributed by atoms with Crippen molar-refractivity contribution in [1.29, 1.82) is 0 Å². The van der Waals surface area contributed by atoms with Gasteiger partial charge in [-0.15, -0.1) is 0 Å². The lowest BCUT2D eigenvalue weighted by Crippen LogP contribution is -2.40. The molecule has 1 aliphatic rings. The molecule has 100 valence electrons. The van der Waals surface area contributed by atoms with E-state index in [1.807, 2.05) is 0 Å². The first-order valence-electron chi connectivity index (χ1n) is 6.45. The molecule has 0 bridgehead atoms. The Labute approximate surface area is 115 Å². The van der Waals surface area contributed by atoms with Gasteiger partial charge in [0.1, 0.15) is 11.6 Å². The number of alkyl halides is 1. The maximum atomic E-state index is 13.6. The molecular formula is C14H18BrF2N. The summed E-state index contributed by atoms with van der Waals surface area (Å²) in [5.41, 5.74) is 0.207. The van der Waals surface area contributed by atoms with E-state index in [1.165, 1.54) is 24.6 Å². The highest BCUT2D eigenvalue weighted by Crippen LogP contribution is 2.27. The van der Waals surface area contributed by atoms with Gasteiger partial charge in [0, 0.05) is 23.5 Å². The molecule has 1 nitrogen and oxygen atoms in total. The summed E-state index contributed by atoms with van der Waals surface area (Å²) in [6.45, 7) is 1.28. The zero-order valence-corrected chi connectivity index (χ0v) is 11.9. The van der Waals surface area contributed by atoms with Gasteiger partial charge in [0.2, 0.25) is 0 Å². The highest BCUT2D eigenvalue weighted by Gasteiger charge is 2.26. The van der Waals surface area contributed by atoms with Crippen LogP contribution in [-0.2, 0) is 6.54 Å². The SMILES string of the molecule is Fc1cccc(F)c1CN(CCCBr)C1CCC1.